The summed E-state index contributed by atoms with van der Waals surface area (Å²) < 4.78 is 0. The van der Waals surface area contributed by atoms with Gasteiger partial charge in [0, 0.05) is 22.0 Å². The molecule has 3 aliphatic rings. The zero-order valence-electron chi connectivity index (χ0n) is 13.3. The monoisotopic (exact) mass is 327 g/mol. The van der Waals surface area contributed by atoms with Crippen molar-refractivity contribution >= 4 is 22.9 Å². The molecule has 0 atom stereocenters. The van der Waals surface area contributed by atoms with Crippen LogP contribution in [0.25, 0.3) is 11.3 Å². The quantitative estimate of drug-likeness (QED) is 0.938. The lowest BCUT2D eigenvalue weighted by molar-refractivity contribution is -0.132. The lowest BCUT2D eigenvalue weighted by atomic mass is 9.71. The highest BCUT2D eigenvalue weighted by Gasteiger charge is 2.45. The maximum absolute atomic E-state index is 13.0. The summed E-state index contributed by atoms with van der Waals surface area (Å²) in [5.41, 5.74) is 2.61. The molecule has 0 aromatic carbocycles. The molecular weight excluding hydrogens is 306 g/mol. The van der Waals surface area contributed by atoms with Gasteiger partial charge in [0.2, 0.25) is 5.91 Å². The van der Waals surface area contributed by atoms with Crippen molar-refractivity contribution in [3.05, 3.63) is 34.7 Å². The van der Waals surface area contributed by atoms with Crippen molar-refractivity contribution in [2.24, 2.45) is 5.41 Å². The molecule has 3 saturated heterocycles. The first-order chi connectivity index (χ1) is 11.2. The van der Waals surface area contributed by atoms with E-state index >= 15 is 0 Å². The number of pyridine rings is 1. The van der Waals surface area contributed by atoms with E-state index in [1.54, 1.807) is 17.5 Å². The van der Waals surface area contributed by atoms with E-state index in [4.69, 9.17) is 0 Å². The van der Waals surface area contributed by atoms with Crippen LogP contribution < -0.4 is 5.32 Å². The van der Waals surface area contributed by atoms with E-state index in [0.29, 0.717) is 0 Å². The van der Waals surface area contributed by atoms with E-state index in [1.165, 1.54) is 4.88 Å². The van der Waals surface area contributed by atoms with E-state index in [-0.39, 0.29) is 11.3 Å². The summed E-state index contributed by atoms with van der Waals surface area (Å²) in [4.78, 5) is 21.2. The van der Waals surface area contributed by atoms with Crippen LogP contribution in [0.4, 0.5) is 5.69 Å². The second kappa shape index (κ2) is 5.73. The number of nitrogens with one attached hydrogen (secondary N) is 1. The van der Waals surface area contributed by atoms with Gasteiger partial charge in [0.05, 0.1) is 16.8 Å². The second-order valence-corrected chi connectivity index (χ2v) is 7.79. The average Bonchev–Trinajstić information content (AvgIpc) is 3.03. The fourth-order valence-electron chi connectivity index (χ4n) is 3.73. The lowest BCUT2D eigenvalue weighted by Crippen LogP contribution is -2.53. The summed E-state index contributed by atoms with van der Waals surface area (Å²) in [6, 6.07) is 5.97. The highest BCUT2D eigenvalue weighted by molar-refractivity contribution is 7.10. The van der Waals surface area contributed by atoms with Crippen LogP contribution in [0, 0.1) is 12.3 Å². The van der Waals surface area contributed by atoms with Gasteiger partial charge in [-0.25, -0.2) is 0 Å². The fourth-order valence-corrected chi connectivity index (χ4v) is 4.41. The molecule has 5 heterocycles. The van der Waals surface area contributed by atoms with Gasteiger partial charge in [-0.3, -0.25) is 9.78 Å². The van der Waals surface area contributed by atoms with Crippen LogP contribution in [-0.2, 0) is 4.79 Å². The van der Waals surface area contributed by atoms with Crippen molar-refractivity contribution in [2.75, 3.05) is 25.0 Å². The molecule has 4 nitrogen and oxygen atoms in total. The Labute approximate surface area is 140 Å². The minimum absolute atomic E-state index is 0.174. The van der Waals surface area contributed by atoms with Gasteiger partial charge in [-0.05, 0) is 64.0 Å². The SMILES string of the molecule is Cc1cc(-c2ncccc2NC(=O)C23CCN(CC2)CC3)cs1. The number of aromatic nitrogens is 1. The maximum Gasteiger partial charge on any atom is 0.230 e. The first-order valence-electron chi connectivity index (χ1n) is 8.21. The number of nitrogens with zero attached hydrogens (tertiary/aromatic N) is 2. The van der Waals surface area contributed by atoms with Crippen molar-refractivity contribution in [3.63, 3.8) is 0 Å². The molecule has 0 radical (unpaired) electrons. The van der Waals surface area contributed by atoms with Gasteiger partial charge in [-0.2, -0.15) is 0 Å². The molecule has 0 spiro atoms. The van der Waals surface area contributed by atoms with Crippen LogP contribution in [0.2, 0.25) is 0 Å². The predicted octanol–water partition coefficient (Wildman–Crippen LogP) is 3.54. The van der Waals surface area contributed by atoms with Crippen molar-refractivity contribution in [3.8, 4) is 11.3 Å². The molecule has 0 saturated carbocycles. The Balaban J connectivity index is 1.60. The van der Waals surface area contributed by atoms with E-state index in [1.807, 2.05) is 12.1 Å². The van der Waals surface area contributed by atoms with Crippen LogP contribution in [-0.4, -0.2) is 35.4 Å². The molecule has 0 aliphatic carbocycles. The van der Waals surface area contributed by atoms with Crippen LogP contribution in [0.15, 0.2) is 29.8 Å². The Morgan fingerprint density at radius 3 is 2.70 bits per heavy atom. The van der Waals surface area contributed by atoms with E-state index < -0.39 is 0 Å². The molecule has 5 rings (SSSR count). The molecule has 1 amide bonds. The zero-order valence-corrected chi connectivity index (χ0v) is 14.2. The molecule has 2 aromatic heterocycles. The van der Waals surface area contributed by atoms with Crippen LogP contribution in [0.5, 0.6) is 0 Å². The minimum atomic E-state index is -0.174. The van der Waals surface area contributed by atoms with Gasteiger partial charge in [-0.1, -0.05) is 0 Å². The maximum atomic E-state index is 13.0. The Kier molecular flexibility index (Phi) is 3.70. The molecule has 0 unspecified atom stereocenters. The number of carbonyl (C=O) groups is 1. The molecule has 5 heteroatoms. The molecule has 3 fully saturated rings. The number of amides is 1. The number of anilines is 1. The summed E-state index contributed by atoms with van der Waals surface area (Å²) in [6.45, 7) is 5.25. The fraction of sp³-hybridized carbons (Fsp3) is 0.444. The number of hydrogen-bond acceptors (Lipinski definition) is 4. The van der Waals surface area contributed by atoms with Crippen molar-refractivity contribution in [1.82, 2.24) is 9.88 Å². The number of fused-ring (bicyclic) bond motifs is 3. The summed E-state index contributed by atoms with van der Waals surface area (Å²) in [7, 11) is 0. The minimum Gasteiger partial charge on any atom is -0.324 e. The predicted molar refractivity (Wildman–Crippen MR) is 93.6 cm³/mol. The Bertz CT molecular complexity index is 718. The zero-order chi connectivity index (χ0) is 15.9. The lowest BCUT2D eigenvalue weighted by Gasteiger charge is -2.47. The van der Waals surface area contributed by atoms with Crippen LogP contribution >= 0.6 is 11.3 Å². The smallest absolute Gasteiger partial charge is 0.230 e. The van der Waals surface area contributed by atoms with E-state index in [2.05, 4.69) is 33.6 Å². The molecule has 2 aromatic rings. The Hall–Kier alpha value is -1.72. The third-order valence-electron chi connectivity index (χ3n) is 5.26. The molecular formula is C18H21N3OS. The number of thiophene rings is 1. The van der Waals surface area contributed by atoms with E-state index in [9.17, 15) is 4.79 Å². The van der Waals surface area contributed by atoms with Gasteiger partial charge in [0.15, 0.2) is 0 Å². The first-order valence-corrected chi connectivity index (χ1v) is 9.09. The normalized spacial score (nSPS) is 26.2. The molecule has 2 bridgehead atoms. The highest BCUT2D eigenvalue weighted by Crippen LogP contribution is 2.41. The molecule has 1 N–H and O–H groups in total. The third-order valence-corrected chi connectivity index (χ3v) is 6.12. The van der Waals surface area contributed by atoms with Crippen molar-refractivity contribution < 1.29 is 4.79 Å². The number of hydrogen-bond donors (Lipinski definition) is 1. The Morgan fingerprint density at radius 2 is 2.04 bits per heavy atom. The number of piperidine rings is 3. The van der Waals surface area contributed by atoms with Gasteiger partial charge < -0.3 is 10.2 Å². The van der Waals surface area contributed by atoms with Gasteiger partial charge in [-0.15, -0.1) is 11.3 Å². The molecule has 23 heavy (non-hydrogen) atoms. The number of aryl methyl sites for hydroxylation is 1. The number of carbonyl (C=O) groups excluding carboxylic acids is 1. The van der Waals surface area contributed by atoms with Crippen molar-refractivity contribution in [2.45, 2.75) is 26.2 Å². The van der Waals surface area contributed by atoms with Crippen molar-refractivity contribution in [1.29, 1.82) is 0 Å². The third kappa shape index (κ3) is 2.68. The van der Waals surface area contributed by atoms with Crippen LogP contribution in [0.3, 0.4) is 0 Å². The van der Waals surface area contributed by atoms with Crippen LogP contribution in [0.1, 0.15) is 24.1 Å². The van der Waals surface area contributed by atoms with Gasteiger partial charge in [0.1, 0.15) is 0 Å². The second-order valence-electron chi connectivity index (χ2n) is 6.67. The largest absolute Gasteiger partial charge is 0.324 e. The Morgan fingerprint density at radius 1 is 1.30 bits per heavy atom. The van der Waals surface area contributed by atoms with Gasteiger partial charge >= 0.3 is 0 Å². The molecule has 3 aliphatic heterocycles. The highest BCUT2D eigenvalue weighted by atomic mass is 32.1. The van der Waals surface area contributed by atoms with Gasteiger partial charge in [0.25, 0.3) is 0 Å². The summed E-state index contributed by atoms with van der Waals surface area (Å²) in [6.07, 6.45) is 4.72. The first kappa shape index (κ1) is 14.8. The molecule has 120 valence electrons. The average molecular weight is 327 g/mol. The summed E-state index contributed by atoms with van der Waals surface area (Å²) >= 11 is 1.71. The topological polar surface area (TPSA) is 45.2 Å². The summed E-state index contributed by atoms with van der Waals surface area (Å²) in [5.74, 6) is 0.179. The number of rotatable bonds is 3. The summed E-state index contributed by atoms with van der Waals surface area (Å²) in [5, 5.41) is 5.29. The standard InChI is InChI=1S/C18H21N3OS/c1-13-11-14(12-23-13)16-15(3-2-7-19-16)20-17(22)18-4-8-21(9-5-18)10-6-18/h2-3,7,11-12H,4-6,8-10H2,1H3,(H,20,22). The van der Waals surface area contributed by atoms with E-state index in [0.717, 1.165) is 55.8 Å².